The number of benzene rings is 1. The lowest BCUT2D eigenvalue weighted by molar-refractivity contribution is -0.127. The molecule has 1 aromatic rings. The lowest BCUT2D eigenvalue weighted by atomic mass is 10.0. The van der Waals surface area contributed by atoms with Crippen LogP contribution in [0.3, 0.4) is 0 Å². The van der Waals surface area contributed by atoms with Crippen molar-refractivity contribution in [3.8, 4) is 11.5 Å². The molecule has 0 bridgehead atoms. The minimum atomic E-state index is -1.55. The number of fused-ring (bicyclic) bond motifs is 1. The van der Waals surface area contributed by atoms with E-state index in [-0.39, 0.29) is 24.2 Å². The number of carbonyl (C=O) groups is 2. The minimum Gasteiger partial charge on any atom is -0.507 e. The topological polar surface area (TPSA) is 113 Å². The molecule has 3 atom stereocenters. The van der Waals surface area contributed by atoms with E-state index in [9.17, 15) is 24.9 Å². The van der Waals surface area contributed by atoms with E-state index in [0.717, 1.165) is 6.08 Å². The third-order valence-corrected chi connectivity index (χ3v) is 3.95. The van der Waals surface area contributed by atoms with Crippen molar-refractivity contribution >= 4 is 17.8 Å². The summed E-state index contributed by atoms with van der Waals surface area (Å²) < 4.78 is 10.4. The molecule has 0 radical (unpaired) electrons. The zero-order valence-corrected chi connectivity index (χ0v) is 14.6. The molecule has 0 unspecified atom stereocenters. The largest absolute Gasteiger partial charge is 0.507 e. The number of phenols is 1. The Morgan fingerprint density at radius 3 is 2.50 bits per heavy atom. The zero-order valence-electron chi connectivity index (χ0n) is 14.6. The number of aliphatic hydroxyl groups is 2. The van der Waals surface area contributed by atoms with E-state index >= 15 is 0 Å². The van der Waals surface area contributed by atoms with Gasteiger partial charge in [-0.3, -0.25) is 4.79 Å². The fourth-order valence-electron chi connectivity index (χ4n) is 2.51. The Morgan fingerprint density at radius 1 is 1.12 bits per heavy atom. The number of esters is 1. The van der Waals surface area contributed by atoms with Crippen molar-refractivity contribution in [2.45, 2.75) is 38.1 Å². The molecule has 0 aromatic heterocycles. The van der Waals surface area contributed by atoms with E-state index < -0.39 is 30.1 Å². The summed E-state index contributed by atoms with van der Waals surface area (Å²) >= 11 is 0. The van der Waals surface area contributed by atoms with Gasteiger partial charge in [0.1, 0.15) is 29.3 Å². The molecule has 0 spiro atoms. The van der Waals surface area contributed by atoms with E-state index in [1.807, 2.05) is 0 Å². The fraction of sp³-hybridized carbons (Fsp3) is 0.368. The fourth-order valence-corrected chi connectivity index (χ4v) is 2.51. The first-order valence-electron chi connectivity index (χ1n) is 8.18. The highest BCUT2D eigenvalue weighted by molar-refractivity contribution is 5.97. The van der Waals surface area contributed by atoms with Crippen molar-refractivity contribution in [3.63, 3.8) is 0 Å². The van der Waals surface area contributed by atoms with E-state index in [0.29, 0.717) is 11.3 Å². The van der Waals surface area contributed by atoms with E-state index in [1.54, 1.807) is 6.92 Å². The molecular formula is C19H22O7. The van der Waals surface area contributed by atoms with Crippen LogP contribution in [0.2, 0.25) is 0 Å². The first kappa shape index (κ1) is 19.7. The van der Waals surface area contributed by atoms with Crippen LogP contribution < -0.4 is 4.74 Å². The Kier molecular flexibility index (Phi) is 6.54. The van der Waals surface area contributed by atoms with Crippen LogP contribution in [0.1, 0.15) is 35.7 Å². The van der Waals surface area contributed by atoms with E-state index in [2.05, 4.69) is 0 Å². The van der Waals surface area contributed by atoms with E-state index in [1.165, 1.54) is 37.5 Å². The van der Waals surface area contributed by atoms with Crippen LogP contribution in [0.15, 0.2) is 30.4 Å². The molecule has 1 aliphatic heterocycles. The number of phenolic OH excluding ortho intramolecular Hbond substituents is 1. The first-order valence-corrected chi connectivity index (χ1v) is 8.18. The van der Waals surface area contributed by atoms with Crippen LogP contribution in [0.4, 0.5) is 0 Å². The molecule has 0 fully saturated rings. The second-order valence-electron chi connectivity index (χ2n) is 6.02. The highest BCUT2D eigenvalue weighted by Gasteiger charge is 2.23. The Hall–Kier alpha value is -2.64. The van der Waals surface area contributed by atoms with Crippen LogP contribution in [0.25, 0.3) is 6.08 Å². The Labute approximate surface area is 151 Å². The molecule has 1 aliphatic rings. The molecule has 7 nitrogen and oxygen atoms in total. The summed E-state index contributed by atoms with van der Waals surface area (Å²) in [6, 6.07) is 2.84. The van der Waals surface area contributed by atoms with Crippen LogP contribution in [-0.4, -0.2) is 52.5 Å². The monoisotopic (exact) mass is 362 g/mol. The summed E-state index contributed by atoms with van der Waals surface area (Å²) in [5, 5.41) is 30.0. The van der Waals surface area contributed by atoms with Gasteiger partial charge in [-0.15, -0.1) is 0 Å². The van der Waals surface area contributed by atoms with Gasteiger partial charge in [0.05, 0.1) is 13.2 Å². The lowest BCUT2D eigenvalue weighted by Crippen LogP contribution is -2.32. The van der Waals surface area contributed by atoms with Gasteiger partial charge in [0, 0.05) is 12.5 Å². The number of methoxy groups -OCH3 is 1. The average Bonchev–Trinajstić information content (AvgIpc) is 2.59. The Morgan fingerprint density at radius 2 is 1.81 bits per heavy atom. The molecule has 0 aliphatic carbocycles. The van der Waals surface area contributed by atoms with Crippen molar-refractivity contribution < 1.29 is 34.4 Å². The van der Waals surface area contributed by atoms with Crippen molar-refractivity contribution in [1.29, 1.82) is 0 Å². The van der Waals surface area contributed by atoms with Crippen molar-refractivity contribution in [1.82, 2.24) is 0 Å². The number of aliphatic hydroxyl groups excluding tert-OH is 2. The van der Waals surface area contributed by atoms with E-state index in [4.69, 9.17) is 9.47 Å². The number of hydrogen-bond acceptors (Lipinski definition) is 7. The van der Waals surface area contributed by atoms with Gasteiger partial charge in [-0.2, -0.15) is 0 Å². The molecule has 0 saturated carbocycles. The number of rotatable bonds is 1. The molecular weight excluding hydrogens is 340 g/mol. The second kappa shape index (κ2) is 8.64. The molecule has 3 N–H and O–H groups in total. The lowest BCUT2D eigenvalue weighted by Gasteiger charge is -2.16. The van der Waals surface area contributed by atoms with Crippen LogP contribution in [0, 0.1) is 0 Å². The number of carbonyl (C=O) groups excluding carboxylic acids is 2. The number of hydrogen-bond donors (Lipinski definition) is 3. The van der Waals surface area contributed by atoms with Gasteiger partial charge in [-0.1, -0.05) is 18.2 Å². The molecule has 7 heteroatoms. The quantitative estimate of drug-likeness (QED) is 0.650. The maximum Gasteiger partial charge on any atom is 0.342 e. The van der Waals surface area contributed by atoms with Gasteiger partial charge in [-0.05, 0) is 31.1 Å². The molecule has 0 saturated heterocycles. The van der Waals surface area contributed by atoms with Gasteiger partial charge < -0.3 is 24.8 Å². The van der Waals surface area contributed by atoms with Crippen molar-refractivity contribution in [2.24, 2.45) is 0 Å². The molecule has 140 valence electrons. The normalized spacial score (nSPS) is 25.8. The molecule has 26 heavy (non-hydrogen) atoms. The minimum absolute atomic E-state index is 0.0242. The smallest absolute Gasteiger partial charge is 0.342 e. The zero-order chi connectivity index (χ0) is 19.3. The maximum atomic E-state index is 12.4. The Bertz CT molecular complexity index is 736. The predicted octanol–water partition coefficient (Wildman–Crippen LogP) is 1.60. The molecule has 0 amide bonds. The molecule has 2 rings (SSSR count). The maximum absolute atomic E-state index is 12.4. The summed E-state index contributed by atoms with van der Waals surface area (Å²) in [7, 11) is 1.42. The number of cyclic esters (lactones) is 1. The van der Waals surface area contributed by atoms with Gasteiger partial charge in [0.15, 0.2) is 5.78 Å². The second-order valence-corrected chi connectivity index (χ2v) is 6.02. The number of ketones is 1. The summed E-state index contributed by atoms with van der Waals surface area (Å²) in [6.07, 6.45) is 2.42. The predicted molar refractivity (Wildman–Crippen MR) is 94.0 cm³/mol. The van der Waals surface area contributed by atoms with Crippen LogP contribution in [-0.2, 0) is 9.53 Å². The van der Waals surface area contributed by atoms with Crippen molar-refractivity contribution in [2.75, 3.05) is 7.11 Å². The van der Waals surface area contributed by atoms with Crippen molar-refractivity contribution in [3.05, 3.63) is 41.5 Å². The van der Waals surface area contributed by atoms with Gasteiger partial charge in [-0.25, -0.2) is 4.79 Å². The molecule has 1 heterocycles. The number of ether oxygens (including phenoxy) is 2. The van der Waals surface area contributed by atoms with Crippen LogP contribution >= 0.6 is 0 Å². The molecule has 1 aromatic carbocycles. The number of aromatic hydroxyl groups is 1. The highest BCUT2D eigenvalue weighted by atomic mass is 16.5. The van der Waals surface area contributed by atoms with Gasteiger partial charge >= 0.3 is 5.97 Å². The highest BCUT2D eigenvalue weighted by Crippen LogP contribution is 2.30. The third-order valence-electron chi connectivity index (χ3n) is 3.95. The summed E-state index contributed by atoms with van der Waals surface area (Å²) in [6.45, 7) is 1.64. The van der Waals surface area contributed by atoms with Gasteiger partial charge in [0.2, 0.25) is 0 Å². The third kappa shape index (κ3) is 4.71. The standard InChI is InChI=1S/C19H22O7/c1-11-5-3-7-14(20)18(23)15(21)8-4-6-12-9-13(25-2)10-16(22)17(12)19(24)26-11/h3-4,6-7,9-11,15,18,21-23H,5,8H2,1-2H3/b6-4?,7-3+/t11-,15+,18-/m0/s1. The average molecular weight is 362 g/mol. The summed E-state index contributed by atoms with van der Waals surface area (Å²) in [5.41, 5.74) is 0.306. The summed E-state index contributed by atoms with van der Waals surface area (Å²) in [4.78, 5) is 24.3. The Balaban J connectivity index is 2.45. The SMILES string of the molecule is COc1cc(O)c2c(c1)C=CC[C@@H](O)[C@@H](O)C(=O)/C=C/C[C@H](C)OC2=O. The van der Waals surface area contributed by atoms with Crippen LogP contribution in [0.5, 0.6) is 11.5 Å². The summed E-state index contributed by atoms with van der Waals surface area (Å²) in [5.74, 6) is -1.29. The van der Waals surface area contributed by atoms with Gasteiger partial charge in [0.25, 0.3) is 0 Å². The first-order chi connectivity index (χ1) is 12.3.